The number of carboxylic acids is 1. The number of pyridine rings is 1. The van der Waals surface area contributed by atoms with Gasteiger partial charge in [0.1, 0.15) is 5.97 Å². The van der Waals surface area contributed by atoms with Crippen LogP contribution in [0.25, 0.3) is 28.1 Å². The first-order valence-corrected chi connectivity index (χ1v) is 9.45. The number of fused-ring (bicyclic) bond motifs is 5. The highest BCUT2D eigenvalue weighted by Crippen LogP contribution is 2.36. The normalized spacial score (nSPS) is 13.3. The van der Waals surface area contributed by atoms with Gasteiger partial charge in [-0.25, -0.2) is 0 Å². The Morgan fingerprint density at radius 3 is 2.16 bits per heavy atom. The standard InChI is InChI=1S/C23H16N.C2HF3O2/c1-2-8-17(9-3-1)16-21-20-12-6-7-13-22(20)24-15-14-18-10-4-5-11-19(18)23(21)24;3-2(4,5)1(6)7/h1-16H;(H,6,7)/q+1;/p-1/b21-16-;. The third-order valence-corrected chi connectivity index (χ3v) is 4.91. The van der Waals surface area contributed by atoms with Crippen LogP contribution in [0.5, 0.6) is 0 Å². The molecule has 154 valence electrons. The maximum atomic E-state index is 10.5. The number of nitrogens with zero attached hydrogens (tertiary/aromatic N) is 1. The number of benzene rings is 3. The summed E-state index contributed by atoms with van der Waals surface area (Å²) in [5.41, 5.74) is 6.33. The smallest absolute Gasteiger partial charge is 0.430 e. The molecule has 0 saturated heterocycles. The number of hydrogen-bond acceptors (Lipinski definition) is 2. The number of carboxylic acid groups (broad SMARTS) is 1. The molecule has 3 nitrogen and oxygen atoms in total. The van der Waals surface area contributed by atoms with Gasteiger partial charge < -0.3 is 9.90 Å². The van der Waals surface area contributed by atoms with Crippen molar-refractivity contribution in [1.29, 1.82) is 0 Å². The van der Waals surface area contributed by atoms with Gasteiger partial charge in [0.05, 0.1) is 16.5 Å². The fraction of sp³-hybridized carbons (Fsp3) is 0.0400. The monoisotopic (exact) mass is 419 g/mol. The number of aliphatic carboxylic acids is 1. The lowest BCUT2D eigenvalue weighted by atomic mass is 9.98. The summed E-state index contributed by atoms with van der Waals surface area (Å²) in [7, 11) is 0. The predicted octanol–water partition coefficient (Wildman–Crippen LogP) is 4.32. The summed E-state index contributed by atoms with van der Waals surface area (Å²) >= 11 is 0. The molecule has 1 aromatic heterocycles. The van der Waals surface area contributed by atoms with Crippen LogP contribution in [0.1, 0.15) is 16.8 Å². The molecule has 0 saturated carbocycles. The molecule has 1 aliphatic rings. The number of para-hydroxylation sites is 1. The number of rotatable bonds is 1. The number of hydrogen-bond donors (Lipinski definition) is 0. The molecule has 0 amide bonds. The van der Waals surface area contributed by atoms with E-state index in [0.29, 0.717) is 0 Å². The van der Waals surface area contributed by atoms with Crippen LogP contribution in [-0.4, -0.2) is 12.1 Å². The molecule has 0 unspecified atom stereocenters. The van der Waals surface area contributed by atoms with Crippen LogP contribution in [0.2, 0.25) is 0 Å². The van der Waals surface area contributed by atoms with Gasteiger partial charge in [0.15, 0.2) is 6.20 Å². The molecule has 0 bridgehead atoms. The van der Waals surface area contributed by atoms with Gasteiger partial charge >= 0.3 is 6.18 Å². The number of halogens is 3. The summed E-state index contributed by atoms with van der Waals surface area (Å²) in [5, 5.41) is 11.3. The molecular formula is C25H16F3NO2. The first kappa shape index (κ1) is 20.3. The van der Waals surface area contributed by atoms with Gasteiger partial charge in [-0.3, -0.25) is 0 Å². The average molecular weight is 419 g/mol. The van der Waals surface area contributed by atoms with Crippen molar-refractivity contribution in [3.05, 3.63) is 108 Å². The second-order valence-electron chi connectivity index (χ2n) is 6.89. The molecule has 5 rings (SSSR count). The zero-order valence-electron chi connectivity index (χ0n) is 16.1. The molecule has 0 radical (unpaired) electrons. The topological polar surface area (TPSA) is 44.0 Å². The van der Waals surface area contributed by atoms with Gasteiger partial charge in [0, 0.05) is 12.1 Å². The first-order chi connectivity index (χ1) is 14.9. The average Bonchev–Trinajstić information content (AvgIpc) is 3.08. The molecule has 0 aliphatic carbocycles. The lowest BCUT2D eigenvalue weighted by Crippen LogP contribution is -2.37. The maximum Gasteiger partial charge on any atom is 0.430 e. The van der Waals surface area contributed by atoms with Gasteiger partial charge in [-0.1, -0.05) is 60.7 Å². The minimum absolute atomic E-state index is 1.23. The highest BCUT2D eigenvalue weighted by Gasteiger charge is 2.33. The number of carbonyl (C=O) groups is 1. The molecule has 2 heterocycles. The van der Waals surface area contributed by atoms with Gasteiger partial charge in [-0.05, 0) is 29.2 Å². The minimum Gasteiger partial charge on any atom is -0.542 e. The van der Waals surface area contributed by atoms with E-state index in [1.54, 1.807) is 0 Å². The number of alkyl halides is 3. The van der Waals surface area contributed by atoms with Gasteiger partial charge in [-0.15, -0.1) is 0 Å². The Morgan fingerprint density at radius 2 is 1.45 bits per heavy atom. The third kappa shape index (κ3) is 4.05. The summed E-state index contributed by atoms with van der Waals surface area (Å²) in [4.78, 5) is 8.78. The quantitative estimate of drug-likeness (QED) is 0.380. The van der Waals surface area contributed by atoms with Crippen LogP contribution >= 0.6 is 0 Å². The minimum atomic E-state index is -5.19. The van der Waals surface area contributed by atoms with E-state index in [-0.39, 0.29) is 0 Å². The zero-order chi connectivity index (χ0) is 22.0. The van der Waals surface area contributed by atoms with Crippen LogP contribution in [0.3, 0.4) is 0 Å². The highest BCUT2D eigenvalue weighted by molar-refractivity contribution is 6.02. The van der Waals surface area contributed by atoms with E-state index in [9.17, 15) is 13.2 Å². The number of aromatic nitrogens is 1. The molecule has 0 N–H and O–H groups in total. The van der Waals surface area contributed by atoms with E-state index in [1.807, 2.05) is 0 Å². The van der Waals surface area contributed by atoms with Crippen molar-refractivity contribution in [3.63, 3.8) is 0 Å². The van der Waals surface area contributed by atoms with E-state index in [2.05, 4.69) is 102 Å². The summed E-state index contributed by atoms with van der Waals surface area (Å²) in [5.74, 6) is -3.01. The largest absolute Gasteiger partial charge is 0.542 e. The Kier molecular flexibility index (Phi) is 5.29. The fourth-order valence-corrected chi connectivity index (χ4v) is 3.59. The molecular weight excluding hydrogens is 403 g/mol. The van der Waals surface area contributed by atoms with Crippen molar-refractivity contribution in [3.8, 4) is 5.69 Å². The van der Waals surface area contributed by atoms with Crippen LogP contribution in [0.4, 0.5) is 13.2 Å². The van der Waals surface area contributed by atoms with E-state index < -0.39 is 12.1 Å². The van der Waals surface area contributed by atoms with E-state index in [1.165, 1.54) is 38.9 Å². The van der Waals surface area contributed by atoms with Crippen molar-refractivity contribution in [1.82, 2.24) is 0 Å². The van der Waals surface area contributed by atoms with Gasteiger partial charge in [-0.2, -0.15) is 17.7 Å². The van der Waals surface area contributed by atoms with Crippen molar-refractivity contribution >= 4 is 28.4 Å². The predicted molar refractivity (Wildman–Crippen MR) is 110 cm³/mol. The van der Waals surface area contributed by atoms with Gasteiger partial charge in [0.25, 0.3) is 0 Å². The van der Waals surface area contributed by atoms with Crippen molar-refractivity contribution < 1.29 is 27.6 Å². The van der Waals surface area contributed by atoms with Crippen LogP contribution in [0, 0.1) is 0 Å². The van der Waals surface area contributed by atoms with Crippen LogP contribution < -0.4 is 9.67 Å². The van der Waals surface area contributed by atoms with Crippen molar-refractivity contribution in [2.24, 2.45) is 0 Å². The summed E-state index contributed by atoms with van der Waals surface area (Å²) in [6.45, 7) is 0. The Bertz CT molecular complexity index is 1300. The molecule has 4 aromatic rings. The lowest BCUT2D eigenvalue weighted by Gasteiger charge is -2.03. The fourth-order valence-electron chi connectivity index (χ4n) is 3.59. The SMILES string of the molecule is C(=C1\c2ccccc2-[n+]2ccc3ccccc3c21)/c1ccccc1.O=C([O-])C(F)(F)F. The molecule has 1 aliphatic heterocycles. The third-order valence-electron chi connectivity index (χ3n) is 4.91. The second kappa shape index (κ2) is 8.07. The van der Waals surface area contributed by atoms with Crippen LogP contribution in [0.15, 0.2) is 91.1 Å². The van der Waals surface area contributed by atoms with E-state index >= 15 is 0 Å². The maximum absolute atomic E-state index is 10.5. The van der Waals surface area contributed by atoms with Crippen LogP contribution in [-0.2, 0) is 4.79 Å². The molecule has 0 spiro atoms. The molecule has 31 heavy (non-hydrogen) atoms. The van der Waals surface area contributed by atoms with Gasteiger partial charge in [0.2, 0.25) is 11.4 Å². The summed E-state index contributed by atoms with van der Waals surface area (Å²) in [6.07, 6.45) is -0.716. The summed E-state index contributed by atoms with van der Waals surface area (Å²) < 4.78 is 33.9. The van der Waals surface area contributed by atoms with Crippen molar-refractivity contribution in [2.75, 3.05) is 0 Å². The Balaban J connectivity index is 0.000000289. The van der Waals surface area contributed by atoms with E-state index in [0.717, 1.165) is 0 Å². The number of carbonyl (C=O) groups excluding carboxylic acids is 1. The molecule has 6 heteroatoms. The van der Waals surface area contributed by atoms with E-state index in [4.69, 9.17) is 9.90 Å². The lowest BCUT2D eigenvalue weighted by molar-refractivity contribution is -0.592. The Hall–Kier alpha value is -3.93. The Morgan fingerprint density at radius 1 is 0.839 bits per heavy atom. The zero-order valence-corrected chi connectivity index (χ0v) is 16.1. The van der Waals surface area contributed by atoms with Crippen molar-refractivity contribution in [2.45, 2.75) is 6.18 Å². The molecule has 0 atom stereocenters. The second-order valence-corrected chi connectivity index (χ2v) is 6.89. The summed E-state index contributed by atoms with van der Waals surface area (Å²) in [6, 6.07) is 30.0. The molecule has 3 aromatic carbocycles. The molecule has 0 fully saturated rings. The first-order valence-electron chi connectivity index (χ1n) is 9.45. The Labute approximate surface area is 176 Å². The highest BCUT2D eigenvalue weighted by atomic mass is 19.4.